The summed E-state index contributed by atoms with van der Waals surface area (Å²) in [6.45, 7) is 25.8. The zero-order valence-corrected chi connectivity index (χ0v) is 21.5. The van der Waals surface area contributed by atoms with E-state index in [0.717, 1.165) is 19.8 Å². The van der Waals surface area contributed by atoms with Gasteiger partial charge in [-0.25, -0.2) is 4.90 Å². The van der Waals surface area contributed by atoms with Gasteiger partial charge in [-0.1, -0.05) is 58.9 Å². The maximum absolute atomic E-state index is 5.89. The average molecular weight is 408 g/mol. The topological polar surface area (TPSA) is 30.9 Å². The Hall–Kier alpha value is 0.491. The van der Waals surface area contributed by atoms with Crippen molar-refractivity contribution in [3.05, 3.63) is 0 Å². The van der Waals surface area contributed by atoms with Gasteiger partial charge in [-0.05, 0) is 18.1 Å². The molecule has 7 heteroatoms. The Labute approximate surface area is 160 Å². The first kappa shape index (κ1) is 25.5. The molecule has 0 saturated heterocycles. The zero-order valence-electron chi connectivity index (χ0n) is 18.5. The van der Waals surface area contributed by atoms with Crippen molar-refractivity contribution in [2.24, 2.45) is 0 Å². The highest BCUT2D eigenvalue weighted by Gasteiger charge is 2.16. The molecule has 0 heterocycles. The smallest absolute Gasteiger partial charge is 0.103 e. The van der Waals surface area contributed by atoms with E-state index < -0.39 is 24.2 Å². The summed E-state index contributed by atoms with van der Waals surface area (Å²) in [5.74, 6) is 0. The fraction of sp³-hybridized carbons (Fsp3) is 1.00. The predicted octanol–water partition coefficient (Wildman–Crippen LogP) is 5.23. The fourth-order valence-electron chi connectivity index (χ4n) is 1.83. The number of hydrogen-bond acceptors (Lipinski definition) is 4. The molecular formula is C18H45NO3Si3. The van der Waals surface area contributed by atoms with Crippen LogP contribution in [0.15, 0.2) is 0 Å². The van der Waals surface area contributed by atoms with Crippen molar-refractivity contribution in [2.45, 2.75) is 77.1 Å². The van der Waals surface area contributed by atoms with Gasteiger partial charge < -0.3 is 14.2 Å². The van der Waals surface area contributed by atoms with E-state index in [1.54, 1.807) is 0 Å². The van der Waals surface area contributed by atoms with Crippen molar-refractivity contribution in [3.63, 3.8) is 0 Å². The van der Waals surface area contributed by atoms with E-state index in [-0.39, 0.29) is 0 Å². The van der Waals surface area contributed by atoms with E-state index in [4.69, 9.17) is 14.2 Å². The molecule has 0 aromatic carbocycles. The molecule has 0 aliphatic carbocycles. The average Bonchev–Trinajstić information content (AvgIpc) is 2.40. The Balaban J connectivity index is 4.12. The highest BCUT2D eigenvalue weighted by molar-refractivity contribution is 6.76. The minimum absolute atomic E-state index is 0.602. The van der Waals surface area contributed by atoms with Crippen LogP contribution in [0.25, 0.3) is 0 Å². The first-order valence-electron chi connectivity index (χ1n) is 9.74. The first-order chi connectivity index (χ1) is 11.3. The van der Waals surface area contributed by atoms with Crippen molar-refractivity contribution in [1.29, 1.82) is 0 Å². The van der Waals surface area contributed by atoms with Gasteiger partial charge in [0.05, 0.1) is 0 Å². The molecule has 152 valence electrons. The normalized spacial score (nSPS) is 13.7. The molecule has 25 heavy (non-hydrogen) atoms. The molecule has 0 aromatic rings. The largest absolute Gasteiger partial charge is 0.366 e. The molecule has 0 aliphatic rings. The summed E-state index contributed by atoms with van der Waals surface area (Å²) in [6, 6.07) is 3.61. The summed E-state index contributed by atoms with van der Waals surface area (Å²) in [5.41, 5.74) is 0. The lowest BCUT2D eigenvalue weighted by atomic mass is 10.7. The Morgan fingerprint density at radius 1 is 0.480 bits per heavy atom. The lowest BCUT2D eigenvalue weighted by Gasteiger charge is -2.24. The Kier molecular flexibility index (Phi) is 12.3. The number of rotatable bonds is 15. The summed E-state index contributed by atoms with van der Waals surface area (Å²) in [4.78, 5) is 2.14. The van der Waals surface area contributed by atoms with Gasteiger partial charge in [-0.2, -0.15) is 0 Å². The van der Waals surface area contributed by atoms with Gasteiger partial charge in [-0.15, -0.1) is 0 Å². The maximum atomic E-state index is 5.89. The molecule has 0 saturated carbocycles. The second kappa shape index (κ2) is 12.0. The lowest BCUT2D eigenvalue weighted by Crippen LogP contribution is -2.34. The quantitative estimate of drug-likeness (QED) is 0.211. The minimum Gasteiger partial charge on any atom is -0.366 e. The van der Waals surface area contributed by atoms with Gasteiger partial charge in [-0.3, -0.25) is 0 Å². The van der Waals surface area contributed by atoms with E-state index in [2.05, 4.69) is 63.8 Å². The Morgan fingerprint density at radius 2 is 0.720 bits per heavy atom. The Bertz CT molecular complexity index is 284. The second-order valence-electron chi connectivity index (χ2n) is 10.7. The molecule has 0 bridgehead atoms. The molecule has 0 fully saturated rings. The summed E-state index contributed by atoms with van der Waals surface area (Å²) in [6.07, 6.45) is 0. The molecular weight excluding hydrogens is 362 g/mol. The number of ether oxygens (including phenoxy) is 3. The number of nitrogens with zero attached hydrogens (tertiary/aromatic N) is 1. The van der Waals surface area contributed by atoms with Gasteiger partial charge in [0.1, 0.15) is 20.2 Å². The number of hydrogen-bond donors (Lipinski definition) is 0. The van der Waals surface area contributed by atoms with Gasteiger partial charge in [0.15, 0.2) is 0 Å². The first-order valence-corrected chi connectivity index (χ1v) is 20.9. The van der Waals surface area contributed by atoms with Crippen molar-refractivity contribution in [2.75, 3.05) is 40.0 Å². The third-order valence-corrected chi connectivity index (χ3v) is 8.92. The van der Waals surface area contributed by atoms with Crippen molar-refractivity contribution in [1.82, 2.24) is 4.90 Å². The van der Waals surface area contributed by atoms with Crippen LogP contribution in [0, 0.1) is 0 Å². The van der Waals surface area contributed by atoms with Crippen LogP contribution in [0.4, 0.5) is 0 Å². The molecule has 0 N–H and O–H groups in total. The zero-order chi connectivity index (χ0) is 19.6. The molecule has 0 spiro atoms. The van der Waals surface area contributed by atoms with Gasteiger partial charge in [0.2, 0.25) is 0 Å². The maximum Gasteiger partial charge on any atom is 0.103 e. The van der Waals surface area contributed by atoms with Crippen molar-refractivity contribution in [3.8, 4) is 0 Å². The van der Waals surface area contributed by atoms with Crippen LogP contribution < -0.4 is 0 Å². The van der Waals surface area contributed by atoms with Crippen LogP contribution in [0.5, 0.6) is 0 Å². The van der Waals surface area contributed by atoms with Crippen molar-refractivity contribution < 1.29 is 14.2 Å². The highest BCUT2D eigenvalue weighted by atomic mass is 28.3. The van der Waals surface area contributed by atoms with Crippen LogP contribution >= 0.6 is 0 Å². The molecule has 4 nitrogen and oxygen atoms in total. The lowest BCUT2D eigenvalue weighted by molar-refractivity contribution is -0.0928. The highest BCUT2D eigenvalue weighted by Crippen LogP contribution is 2.10. The van der Waals surface area contributed by atoms with Crippen molar-refractivity contribution >= 4 is 24.2 Å². The monoisotopic (exact) mass is 407 g/mol. The van der Waals surface area contributed by atoms with E-state index in [1.807, 2.05) is 0 Å². The third-order valence-electron chi connectivity index (χ3n) is 3.81. The summed E-state index contributed by atoms with van der Waals surface area (Å²) in [5, 5.41) is 0. The van der Waals surface area contributed by atoms with E-state index in [9.17, 15) is 0 Å². The minimum atomic E-state index is -1.03. The molecule has 0 amide bonds. The molecule has 0 aromatic heterocycles. The summed E-state index contributed by atoms with van der Waals surface area (Å²) >= 11 is 0. The third kappa shape index (κ3) is 20.7. The second-order valence-corrected chi connectivity index (χ2v) is 27.6. The van der Waals surface area contributed by atoms with Crippen LogP contribution in [0.3, 0.4) is 0 Å². The van der Waals surface area contributed by atoms with Gasteiger partial charge in [0, 0.05) is 44.0 Å². The standard InChI is InChI=1S/C18H45NO3Si3/c1-23(2,3)13-10-20-16-19(17-21-11-14-24(4,5)6)18-22-12-15-25(7,8)9/h10-18H2,1-9H3. The SMILES string of the molecule is C[Si](C)(C)CCOCN(COCC[Si](C)(C)C)COCC[Si](C)(C)C. The molecule has 0 aliphatic heterocycles. The van der Waals surface area contributed by atoms with Crippen LogP contribution in [-0.4, -0.2) is 69.1 Å². The van der Waals surface area contributed by atoms with Gasteiger partial charge >= 0.3 is 0 Å². The van der Waals surface area contributed by atoms with Crippen LogP contribution in [0.1, 0.15) is 0 Å². The fourth-order valence-corrected chi connectivity index (χ4v) is 4.10. The summed E-state index contributed by atoms with van der Waals surface area (Å²) < 4.78 is 17.7. The summed E-state index contributed by atoms with van der Waals surface area (Å²) in [7, 11) is -3.09. The predicted molar refractivity (Wildman–Crippen MR) is 119 cm³/mol. The van der Waals surface area contributed by atoms with Crippen LogP contribution in [0.2, 0.25) is 77.1 Å². The molecule has 0 rings (SSSR count). The van der Waals surface area contributed by atoms with E-state index >= 15 is 0 Å². The Morgan fingerprint density at radius 3 is 0.920 bits per heavy atom. The van der Waals surface area contributed by atoms with E-state index in [0.29, 0.717) is 20.2 Å². The molecule has 0 atom stereocenters. The molecule has 0 radical (unpaired) electrons. The van der Waals surface area contributed by atoms with E-state index in [1.165, 1.54) is 18.1 Å². The van der Waals surface area contributed by atoms with Gasteiger partial charge in [0.25, 0.3) is 0 Å². The van der Waals surface area contributed by atoms with Crippen LogP contribution in [-0.2, 0) is 14.2 Å². The molecule has 0 unspecified atom stereocenters.